The van der Waals surface area contributed by atoms with E-state index in [0.717, 1.165) is 10.9 Å². The number of benzene rings is 1. The SMILES string of the molecule is Cc1ccc2oc(=O)cc(OC(C)C)c2c1. The lowest BCUT2D eigenvalue weighted by molar-refractivity contribution is 0.244. The largest absolute Gasteiger partial charge is 0.490 e. The Labute approximate surface area is 93.7 Å². The van der Waals surface area contributed by atoms with Crippen LogP contribution in [0.25, 0.3) is 11.0 Å². The summed E-state index contributed by atoms with van der Waals surface area (Å²) in [5, 5.41) is 0.841. The third-order valence-electron chi connectivity index (χ3n) is 2.22. The van der Waals surface area contributed by atoms with Crippen molar-refractivity contribution in [3.8, 4) is 5.75 Å². The van der Waals surface area contributed by atoms with Gasteiger partial charge in [0.25, 0.3) is 0 Å². The highest BCUT2D eigenvalue weighted by Gasteiger charge is 2.08. The van der Waals surface area contributed by atoms with E-state index in [-0.39, 0.29) is 11.7 Å². The topological polar surface area (TPSA) is 39.4 Å². The van der Waals surface area contributed by atoms with Gasteiger partial charge in [-0.1, -0.05) is 11.6 Å². The lowest BCUT2D eigenvalue weighted by Gasteiger charge is -2.11. The summed E-state index contributed by atoms with van der Waals surface area (Å²) < 4.78 is 10.7. The van der Waals surface area contributed by atoms with Crippen LogP contribution < -0.4 is 10.4 Å². The van der Waals surface area contributed by atoms with Crippen LogP contribution in [0.2, 0.25) is 0 Å². The zero-order valence-corrected chi connectivity index (χ0v) is 9.61. The minimum absolute atomic E-state index is 0.0329. The Kier molecular flexibility index (Phi) is 2.69. The van der Waals surface area contributed by atoms with Crippen molar-refractivity contribution >= 4 is 11.0 Å². The molecule has 0 saturated carbocycles. The monoisotopic (exact) mass is 218 g/mol. The Morgan fingerprint density at radius 1 is 1.25 bits per heavy atom. The summed E-state index contributed by atoms with van der Waals surface area (Å²) in [6.45, 7) is 5.84. The fourth-order valence-corrected chi connectivity index (χ4v) is 1.60. The van der Waals surface area contributed by atoms with Gasteiger partial charge in [0.05, 0.1) is 17.6 Å². The number of hydrogen-bond acceptors (Lipinski definition) is 3. The molecule has 0 bridgehead atoms. The second kappa shape index (κ2) is 4.00. The highest BCUT2D eigenvalue weighted by molar-refractivity contribution is 5.83. The second-order valence-electron chi connectivity index (χ2n) is 4.10. The molecule has 0 aliphatic heterocycles. The van der Waals surface area contributed by atoms with Crippen LogP contribution in [0, 0.1) is 6.92 Å². The van der Waals surface area contributed by atoms with E-state index in [2.05, 4.69) is 0 Å². The van der Waals surface area contributed by atoms with Crippen molar-refractivity contribution in [3.05, 3.63) is 40.2 Å². The van der Waals surface area contributed by atoms with Crippen molar-refractivity contribution in [2.45, 2.75) is 26.9 Å². The third kappa shape index (κ3) is 2.08. The Balaban J connectivity index is 2.69. The molecule has 3 nitrogen and oxygen atoms in total. The van der Waals surface area contributed by atoms with Crippen LogP contribution in [0.4, 0.5) is 0 Å². The molecule has 0 radical (unpaired) electrons. The van der Waals surface area contributed by atoms with E-state index in [1.165, 1.54) is 6.07 Å². The Morgan fingerprint density at radius 2 is 2.00 bits per heavy atom. The lowest BCUT2D eigenvalue weighted by Crippen LogP contribution is -2.08. The molecule has 0 N–H and O–H groups in total. The first-order chi connectivity index (χ1) is 7.56. The Bertz CT molecular complexity index is 567. The van der Waals surface area contributed by atoms with Gasteiger partial charge >= 0.3 is 5.63 Å². The van der Waals surface area contributed by atoms with Gasteiger partial charge in [-0.15, -0.1) is 0 Å². The van der Waals surface area contributed by atoms with Crippen molar-refractivity contribution < 1.29 is 9.15 Å². The number of ether oxygens (including phenoxy) is 1. The van der Waals surface area contributed by atoms with E-state index in [4.69, 9.17) is 9.15 Å². The lowest BCUT2D eigenvalue weighted by atomic mass is 10.1. The summed E-state index contributed by atoms with van der Waals surface area (Å²) in [5.74, 6) is 0.588. The van der Waals surface area contributed by atoms with Gasteiger partial charge in [0, 0.05) is 0 Å². The van der Waals surface area contributed by atoms with Crippen LogP contribution in [0.3, 0.4) is 0 Å². The van der Waals surface area contributed by atoms with Crippen LogP contribution in [0.1, 0.15) is 19.4 Å². The normalized spacial score (nSPS) is 11.0. The van der Waals surface area contributed by atoms with Crippen molar-refractivity contribution in [3.63, 3.8) is 0 Å². The van der Waals surface area contributed by atoms with E-state index < -0.39 is 0 Å². The molecule has 16 heavy (non-hydrogen) atoms. The van der Waals surface area contributed by atoms with Gasteiger partial charge in [-0.3, -0.25) is 0 Å². The molecule has 1 aromatic heterocycles. The summed E-state index contributed by atoms with van der Waals surface area (Å²) in [4.78, 5) is 11.3. The zero-order chi connectivity index (χ0) is 11.7. The highest BCUT2D eigenvalue weighted by Crippen LogP contribution is 2.25. The van der Waals surface area contributed by atoms with Crippen LogP contribution in [-0.4, -0.2) is 6.10 Å². The molecule has 2 rings (SSSR count). The minimum Gasteiger partial charge on any atom is -0.490 e. The second-order valence-corrected chi connectivity index (χ2v) is 4.10. The predicted molar refractivity (Wildman–Crippen MR) is 63.0 cm³/mol. The van der Waals surface area contributed by atoms with Gasteiger partial charge in [-0.25, -0.2) is 4.79 Å². The fraction of sp³-hybridized carbons (Fsp3) is 0.308. The Hall–Kier alpha value is -1.77. The standard InChI is InChI=1S/C13H14O3/c1-8(2)15-12-7-13(14)16-11-5-4-9(3)6-10(11)12/h4-8H,1-3H3. The molecule has 2 aromatic rings. The maximum absolute atomic E-state index is 11.3. The first kappa shape index (κ1) is 10.7. The third-order valence-corrected chi connectivity index (χ3v) is 2.22. The highest BCUT2D eigenvalue weighted by atomic mass is 16.5. The molecule has 3 heteroatoms. The van der Waals surface area contributed by atoms with Crippen LogP contribution >= 0.6 is 0 Å². The van der Waals surface area contributed by atoms with Gasteiger partial charge in [0.2, 0.25) is 0 Å². The number of fused-ring (bicyclic) bond motifs is 1. The van der Waals surface area contributed by atoms with E-state index in [1.54, 1.807) is 6.07 Å². The maximum Gasteiger partial charge on any atom is 0.339 e. The van der Waals surface area contributed by atoms with Gasteiger partial charge in [0.1, 0.15) is 11.3 Å². The van der Waals surface area contributed by atoms with Crippen molar-refractivity contribution in [2.75, 3.05) is 0 Å². The maximum atomic E-state index is 11.3. The van der Waals surface area contributed by atoms with Crippen LogP contribution in [0.15, 0.2) is 33.5 Å². The van der Waals surface area contributed by atoms with Crippen molar-refractivity contribution in [2.24, 2.45) is 0 Å². The van der Waals surface area contributed by atoms with Gasteiger partial charge in [0.15, 0.2) is 0 Å². The number of aryl methyl sites for hydroxylation is 1. The average Bonchev–Trinajstić information content (AvgIpc) is 2.18. The van der Waals surface area contributed by atoms with E-state index >= 15 is 0 Å². The molecule has 0 saturated heterocycles. The molecular weight excluding hydrogens is 204 g/mol. The molecular formula is C13H14O3. The summed E-state index contributed by atoms with van der Waals surface area (Å²) in [7, 11) is 0. The molecule has 1 heterocycles. The molecule has 84 valence electrons. The summed E-state index contributed by atoms with van der Waals surface area (Å²) in [6, 6.07) is 7.04. The first-order valence-electron chi connectivity index (χ1n) is 5.27. The molecule has 1 aromatic carbocycles. The Morgan fingerprint density at radius 3 is 2.69 bits per heavy atom. The average molecular weight is 218 g/mol. The number of rotatable bonds is 2. The molecule has 0 aliphatic carbocycles. The minimum atomic E-state index is -0.382. The van der Waals surface area contributed by atoms with Crippen LogP contribution in [-0.2, 0) is 0 Å². The van der Waals surface area contributed by atoms with Crippen molar-refractivity contribution in [1.82, 2.24) is 0 Å². The van der Waals surface area contributed by atoms with E-state index in [9.17, 15) is 4.79 Å². The summed E-state index contributed by atoms with van der Waals surface area (Å²) in [5.41, 5.74) is 1.29. The first-order valence-corrected chi connectivity index (χ1v) is 5.27. The molecule has 0 aliphatic rings. The zero-order valence-electron chi connectivity index (χ0n) is 9.61. The molecule has 0 spiro atoms. The smallest absolute Gasteiger partial charge is 0.339 e. The molecule has 0 amide bonds. The summed E-state index contributed by atoms with van der Waals surface area (Å²) in [6.07, 6.45) is 0.0329. The van der Waals surface area contributed by atoms with Gasteiger partial charge in [-0.2, -0.15) is 0 Å². The molecule has 0 atom stereocenters. The van der Waals surface area contributed by atoms with E-state index in [0.29, 0.717) is 11.3 Å². The molecule has 0 unspecified atom stereocenters. The quantitative estimate of drug-likeness (QED) is 0.727. The summed E-state index contributed by atoms with van der Waals surface area (Å²) >= 11 is 0. The van der Waals surface area contributed by atoms with E-state index in [1.807, 2.05) is 32.9 Å². The predicted octanol–water partition coefficient (Wildman–Crippen LogP) is 2.89. The van der Waals surface area contributed by atoms with Crippen LogP contribution in [0.5, 0.6) is 5.75 Å². The molecule has 0 fully saturated rings. The van der Waals surface area contributed by atoms with Gasteiger partial charge < -0.3 is 9.15 Å². The van der Waals surface area contributed by atoms with Crippen molar-refractivity contribution in [1.29, 1.82) is 0 Å². The fourth-order valence-electron chi connectivity index (χ4n) is 1.60. The number of hydrogen-bond donors (Lipinski definition) is 0. The van der Waals surface area contributed by atoms with Gasteiger partial charge in [-0.05, 0) is 32.9 Å².